The van der Waals surface area contributed by atoms with Crippen LogP contribution in [-0.2, 0) is 14.6 Å². The van der Waals surface area contributed by atoms with Crippen LogP contribution in [0.15, 0.2) is 22.8 Å². The molecule has 3 N–H and O–H groups in total. The SMILES string of the molecule is C[C@H](OCCC(C)(C)O)[C@H]1CC[C@H]2/C(=C/C3C4=C(CS3(=O)=O)[C@@H](O)C[C@H](O)C4)CCC[C@]12C. The molecule has 1 heterocycles. The molecule has 33 heavy (non-hydrogen) atoms. The monoisotopic (exact) mass is 482 g/mol. The molecule has 0 radical (unpaired) electrons. The molecule has 0 saturated heterocycles. The first-order chi connectivity index (χ1) is 15.3. The average Bonchev–Trinajstić information content (AvgIpc) is 3.16. The third kappa shape index (κ3) is 4.99. The predicted molar refractivity (Wildman–Crippen MR) is 128 cm³/mol. The quantitative estimate of drug-likeness (QED) is 0.502. The van der Waals surface area contributed by atoms with Gasteiger partial charge in [-0.25, -0.2) is 8.42 Å². The molecule has 1 aliphatic heterocycles. The molecule has 7 atom stereocenters. The minimum atomic E-state index is -3.40. The lowest BCUT2D eigenvalue weighted by atomic mass is 9.62. The Hall–Kier alpha value is -0.730. The second-order valence-corrected chi connectivity index (χ2v) is 14.0. The van der Waals surface area contributed by atoms with Crippen LogP contribution in [0.2, 0.25) is 0 Å². The number of rotatable bonds is 6. The minimum Gasteiger partial charge on any atom is -0.393 e. The van der Waals surface area contributed by atoms with Crippen molar-refractivity contribution in [1.29, 1.82) is 0 Å². The molecule has 0 aromatic rings. The topological polar surface area (TPSA) is 104 Å². The average molecular weight is 483 g/mol. The van der Waals surface area contributed by atoms with Gasteiger partial charge in [0.15, 0.2) is 9.84 Å². The van der Waals surface area contributed by atoms with Crippen LogP contribution in [0, 0.1) is 17.3 Å². The van der Waals surface area contributed by atoms with Gasteiger partial charge in [-0.2, -0.15) is 0 Å². The van der Waals surface area contributed by atoms with Crippen LogP contribution in [0.25, 0.3) is 0 Å². The van der Waals surface area contributed by atoms with Gasteiger partial charge in [0.2, 0.25) is 0 Å². The Kier molecular flexibility index (Phi) is 6.96. The van der Waals surface area contributed by atoms with E-state index in [1.165, 1.54) is 5.57 Å². The molecule has 2 fully saturated rings. The summed E-state index contributed by atoms with van der Waals surface area (Å²) in [6.45, 7) is 8.62. The fourth-order valence-corrected chi connectivity index (χ4v) is 9.21. The van der Waals surface area contributed by atoms with Crippen molar-refractivity contribution in [3.63, 3.8) is 0 Å². The first-order valence-corrected chi connectivity index (χ1v) is 14.4. The normalized spacial score (nSPS) is 40.7. The van der Waals surface area contributed by atoms with Gasteiger partial charge in [0, 0.05) is 13.0 Å². The zero-order chi connectivity index (χ0) is 24.2. The maximum Gasteiger partial charge on any atom is 0.164 e. The molecule has 4 rings (SSSR count). The van der Waals surface area contributed by atoms with Crippen molar-refractivity contribution in [1.82, 2.24) is 0 Å². The van der Waals surface area contributed by atoms with E-state index in [2.05, 4.69) is 13.8 Å². The summed E-state index contributed by atoms with van der Waals surface area (Å²) < 4.78 is 32.3. The molecule has 7 heteroatoms. The van der Waals surface area contributed by atoms with Gasteiger partial charge in [0.25, 0.3) is 0 Å². The van der Waals surface area contributed by atoms with E-state index in [0.717, 1.165) is 37.7 Å². The number of allylic oxidation sites excluding steroid dienone is 1. The van der Waals surface area contributed by atoms with Crippen LogP contribution in [0.3, 0.4) is 0 Å². The zero-order valence-electron chi connectivity index (χ0n) is 20.6. The van der Waals surface area contributed by atoms with Crippen LogP contribution < -0.4 is 0 Å². The van der Waals surface area contributed by atoms with Crippen molar-refractivity contribution in [3.05, 3.63) is 22.8 Å². The third-order valence-electron chi connectivity index (χ3n) is 8.92. The number of hydrogen-bond acceptors (Lipinski definition) is 6. The number of hydrogen-bond donors (Lipinski definition) is 3. The number of aliphatic hydroxyl groups excluding tert-OH is 2. The Labute approximate surface area is 199 Å². The fourth-order valence-electron chi connectivity index (χ4n) is 7.15. The highest BCUT2D eigenvalue weighted by atomic mass is 32.2. The van der Waals surface area contributed by atoms with E-state index in [1.807, 2.05) is 6.08 Å². The van der Waals surface area contributed by atoms with Crippen molar-refractivity contribution in [2.45, 2.75) is 108 Å². The maximum absolute atomic E-state index is 13.1. The second kappa shape index (κ2) is 9.05. The molecule has 0 amide bonds. The summed E-state index contributed by atoms with van der Waals surface area (Å²) in [5.74, 6) is 0.664. The van der Waals surface area contributed by atoms with Gasteiger partial charge in [-0.1, -0.05) is 18.6 Å². The summed E-state index contributed by atoms with van der Waals surface area (Å²) >= 11 is 0. The first-order valence-electron chi connectivity index (χ1n) is 12.7. The van der Waals surface area contributed by atoms with Gasteiger partial charge in [0.1, 0.15) is 5.25 Å². The molecule has 0 aromatic heterocycles. The zero-order valence-corrected chi connectivity index (χ0v) is 21.4. The highest BCUT2D eigenvalue weighted by molar-refractivity contribution is 7.92. The van der Waals surface area contributed by atoms with E-state index >= 15 is 0 Å². The third-order valence-corrected chi connectivity index (χ3v) is 10.8. The smallest absolute Gasteiger partial charge is 0.164 e. The van der Waals surface area contributed by atoms with Crippen LogP contribution in [0.5, 0.6) is 0 Å². The van der Waals surface area contributed by atoms with Crippen LogP contribution >= 0.6 is 0 Å². The molecule has 6 nitrogen and oxygen atoms in total. The van der Waals surface area contributed by atoms with Crippen molar-refractivity contribution < 1.29 is 28.5 Å². The second-order valence-electron chi connectivity index (χ2n) is 11.9. The summed E-state index contributed by atoms with van der Waals surface area (Å²) in [6.07, 6.45) is 6.89. The molecule has 0 bridgehead atoms. The highest BCUT2D eigenvalue weighted by Gasteiger charge is 2.52. The van der Waals surface area contributed by atoms with E-state index in [-0.39, 0.29) is 23.7 Å². The summed E-state index contributed by atoms with van der Waals surface area (Å²) in [4.78, 5) is 0. The molecule has 0 spiro atoms. The molecule has 1 unspecified atom stereocenters. The molecule has 3 aliphatic carbocycles. The molecule has 2 saturated carbocycles. The number of sulfone groups is 1. The van der Waals surface area contributed by atoms with Crippen LogP contribution in [0.1, 0.15) is 79.1 Å². The van der Waals surface area contributed by atoms with E-state index in [0.29, 0.717) is 36.9 Å². The molecule has 0 aromatic carbocycles. The Bertz CT molecular complexity index is 914. The Morgan fingerprint density at radius 1 is 1.24 bits per heavy atom. The standard InChI is InChI=1S/C26H42O6S/c1-16(32-11-10-25(2,3)29)21-7-8-22-17(6-5-9-26(21,22)4)12-24-19-13-18(27)14-23(28)20(19)15-33(24,30)31/h12,16,18,21-24,27-29H,5-11,13-15H2,1-4H3/b17-12+/t16-,18+,21+,22-,23-,24?,26+/m0/s1. The first kappa shape index (κ1) is 25.4. The lowest BCUT2D eigenvalue weighted by molar-refractivity contribution is -0.0454. The van der Waals surface area contributed by atoms with Gasteiger partial charge in [-0.05, 0) is 94.1 Å². The minimum absolute atomic E-state index is 0.0728. The van der Waals surface area contributed by atoms with E-state index in [1.54, 1.807) is 13.8 Å². The number of ether oxygens (including phenoxy) is 1. The number of fused-ring (bicyclic) bond motifs is 1. The van der Waals surface area contributed by atoms with Crippen molar-refractivity contribution >= 4 is 9.84 Å². The van der Waals surface area contributed by atoms with Crippen molar-refractivity contribution in [2.75, 3.05) is 12.4 Å². The van der Waals surface area contributed by atoms with E-state index in [4.69, 9.17) is 4.74 Å². The van der Waals surface area contributed by atoms with E-state index in [9.17, 15) is 23.7 Å². The molecule has 188 valence electrons. The van der Waals surface area contributed by atoms with Crippen molar-refractivity contribution in [3.8, 4) is 0 Å². The predicted octanol–water partition coefficient (Wildman–Crippen LogP) is 3.30. The maximum atomic E-state index is 13.1. The van der Waals surface area contributed by atoms with Gasteiger partial charge >= 0.3 is 0 Å². The lowest BCUT2D eigenvalue weighted by Crippen LogP contribution is -2.39. The summed E-state index contributed by atoms with van der Waals surface area (Å²) in [5.41, 5.74) is 1.94. The lowest BCUT2D eigenvalue weighted by Gasteiger charge is -2.44. The number of aliphatic hydroxyl groups is 3. The Morgan fingerprint density at radius 3 is 2.67 bits per heavy atom. The Morgan fingerprint density at radius 2 is 1.97 bits per heavy atom. The van der Waals surface area contributed by atoms with Gasteiger partial charge < -0.3 is 20.1 Å². The molecular formula is C26H42O6S. The largest absolute Gasteiger partial charge is 0.393 e. The van der Waals surface area contributed by atoms with Crippen molar-refractivity contribution in [2.24, 2.45) is 17.3 Å². The van der Waals surface area contributed by atoms with E-state index < -0.39 is 32.9 Å². The fraction of sp³-hybridized carbons (Fsp3) is 0.846. The molecule has 4 aliphatic rings. The van der Waals surface area contributed by atoms with Gasteiger partial charge in [0.05, 0.1) is 29.7 Å². The van der Waals surface area contributed by atoms with Gasteiger partial charge in [-0.3, -0.25) is 0 Å². The highest BCUT2D eigenvalue weighted by Crippen LogP contribution is 2.59. The summed E-state index contributed by atoms with van der Waals surface area (Å²) in [7, 11) is -3.40. The van der Waals surface area contributed by atoms with Gasteiger partial charge in [-0.15, -0.1) is 0 Å². The Balaban J connectivity index is 1.55. The van der Waals surface area contributed by atoms with Crippen LogP contribution in [-0.4, -0.2) is 65.3 Å². The van der Waals surface area contributed by atoms with Crippen LogP contribution in [0.4, 0.5) is 0 Å². The molecular weight excluding hydrogens is 440 g/mol. The summed E-state index contributed by atoms with van der Waals surface area (Å²) in [6, 6.07) is 0. The summed E-state index contributed by atoms with van der Waals surface area (Å²) in [5, 5.41) is 29.9.